The maximum absolute atomic E-state index is 15.6. The van der Waals surface area contributed by atoms with Crippen molar-refractivity contribution in [2.45, 2.75) is 25.3 Å². The molecule has 0 radical (unpaired) electrons. The molecule has 2 fully saturated rings. The molecule has 4 heterocycles. The minimum atomic E-state index is -1.33. The number of nitrogens with two attached hydrogens (primary N) is 1. The van der Waals surface area contributed by atoms with Crippen LogP contribution in [0.1, 0.15) is 34.5 Å². The first-order valence-electron chi connectivity index (χ1n) is 13.1. The van der Waals surface area contributed by atoms with E-state index in [1.807, 2.05) is 0 Å². The van der Waals surface area contributed by atoms with Gasteiger partial charge in [-0.25, -0.2) is 18.6 Å². The van der Waals surface area contributed by atoms with Gasteiger partial charge in [0.15, 0.2) is 11.6 Å². The average molecular weight is 545 g/mol. The van der Waals surface area contributed by atoms with Gasteiger partial charge in [0, 0.05) is 97.7 Å². The molecule has 3 aromatic heterocycles. The van der Waals surface area contributed by atoms with Gasteiger partial charge in [0.1, 0.15) is 11.2 Å². The minimum absolute atomic E-state index is 0.0144. The molecule has 1 unspecified atom stereocenters. The lowest BCUT2D eigenvalue weighted by atomic mass is 9.97. The molecular weight excluding hydrogens is 518 g/mol. The molecule has 1 aliphatic heterocycles. The largest absolute Gasteiger partial charge is 0.477 e. The zero-order chi connectivity index (χ0) is 28.1. The van der Waals surface area contributed by atoms with E-state index in [4.69, 9.17) is 5.73 Å². The molecule has 2 atom stereocenters. The first-order valence-corrected chi connectivity index (χ1v) is 13.1. The van der Waals surface area contributed by atoms with Crippen molar-refractivity contribution in [1.82, 2.24) is 14.5 Å². The Hall–Kier alpha value is -4.38. The van der Waals surface area contributed by atoms with Crippen LogP contribution in [0.5, 0.6) is 0 Å². The number of halogens is 2. The number of aryl methyl sites for hydroxylation is 1. The van der Waals surface area contributed by atoms with Gasteiger partial charge in [0.2, 0.25) is 5.43 Å². The fourth-order valence-corrected chi connectivity index (χ4v) is 6.57. The van der Waals surface area contributed by atoms with Crippen LogP contribution in [0.3, 0.4) is 0 Å². The molecule has 0 bridgehead atoms. The minimum Gasteiger partial charge on any atom is -0.477 e. The molecule has 1 spiro atoms. The maximum atomic E-state index is 15.6. The van der Waals surface area contributed by atoms with Crippen molar-refractivity contribution < 1.29 is 18.7 Å². The second kappa shape index (κ2) is 8.31. The van der Waals surface area contributed by atoms with Gasteiger partial charge in [-0.3, -0.25) is 9.78 Å². The third-order valence-electron chi connectivity index (χ3n) is 8.83. The number of nitrogens with one attached hydrogen (secondary N) is 1. The first kappa shape index (κ1) is 24.6. The molecule has 11 heteroatoms. The number of aromatic nitrogens is 3. The molecule has 1 saturated heterocycles. The summed E-state index contributed by atoms with van der Waals surface area (Å²) in [6.07, 6.45) is 6.64. The molecule has 40 heavy (non-hydrogen) atoms. The second-order valence-corrected chi connectivity index (χ2v) is 11.1. The number of hydrogen-bond acceptors (Lipinski definition) is 7. The smallest absolute Gasteiger partial charge is 0.341 e. The van der Waals surface area contributed by atoms with Crippen molar-refractivity contribution in [3.63, 3.8) is 0 Å². The van der Waals surface area contributed by atoms with E-state index in [0.29, 0.717) is 64.5 Å². The quantitative estimate of drug-likeness (QED) is 0.314. The molecule has 1 saturated carbocycles. The highest BCUT2D eigenvalue weighted by molar-refractivity contribution is 5.98. The van der Waals surface area contributed by atoms with Crippen molar-refractivity contribution in [3.05, 3.63) is 69.4 Å². The second-order valence-electron chi connectivity index (χ2n) is 11.1. The van der Waals surface area contributed by atoms with Crippen LogP contribution in [0.2, 0.25) is 0 Å². The summed E-state index contributed by atoms with van der Waals surface area (Å²) >= 11 is 0. The highest BCUT2D eigenvalue weighted by atomic mass is 19.2. The van der Waals surface area contributed by atoms with E-state index in [1.54, 1.807) is 32.6 Å². The summed E-state index contributed by atoms with van der Waals surface area (Å²) in [6.45, 7) is 1.34. The lowest BCUT2D eigenvalue weighted by Crippen LogP contribution is -2.24. The lowest BCUT2D eigenvalue weighted by molar-refractivity contribution is 0.0695. The van der Waals surface area contributed by atoms with Crippen LogP contribution in [0.15, 0.2) is 35.5 Å². The lowest BCUT2D eigenvalue weighted by Gasteiger charge is -2.26. The number of rotatable bonds is 4. The van der Waals surface area contributed by atoms with Gasteiger partial charge in [0.25, 0.3) is 0 Å². The standard InChI is InChI=1S/C29H26F2N6O3/c1-33-19-7-18(30)24(31)22-14(19)6-20-23(22)25(37-4-3-29(12-37)8-21(29)32)16(10-34-20)13-5-15-26(38)17(28(39)40)11-36(2)27(15)35-9-13/h5,7,9-11,21,33H,3-4,6,8,12,32H2,1-2H3,(H,39,40)/t21-,29?/m1/s1. The molecule has 7 rings (SSSR count). The van der Waals surface area contributed by atoms with Gasteiger partial charge < -0.3 is 25.6 Å². The van der Waals surface area contributed by atoms with Gasteiger partial charge in [-0.15, -0.1) is 0 Å². The van der Waals surface area contributed by atoms with Crippen molar-refractivity contribution >= 4 is 28.4 Å². The predicted octanol–water partition coefficient (Wildman–Crippen LogP) is 3.51. The third-order valence-corrected chi connectivity index (χ3v) is 8.83. The van der Waals surface area contributed by atoms with E-state index in [1.165, 1.54) is 10.8 Å². The summed E-state index contributed by atoms with van der Waals surface area (Å²) in [6, 6.07) is 2.86. The zero-order valence-electron chi connectivity index (χ0n) is 21.9. The highest BCUT2D eigenvalue weighted by Crippen LogP contribution is 2.56. The van der Waals surface area contributed by atoms with E-state index in [2.05, 4.69) is 20.2 Å². The Bertz CT molecular complexity index is 1850. The number of carbonyl (C=O) groups is 1. The van der Waals surface area contributed by atoms with Crippen LogP contribution >= 0.6 is 0 Å². The van der Waals surface area contributed by atoms with Crippen LogP contribution in [0.4, 0.5) is 20.2 Å². The van der Waals surface area contributed by atoms with E-state index in [-0.39, 0.29) is 28.0 Å². The number of carboxylic acid groups (broad SMARTS) is 1. The average Bonchev–Trinajstić information content (AvgIpc) is 3.25. The number of carboxylic acids is 1. The van der Waals surface area contributed by atoms with E-state index < -0.39 is 23.0 Å². The van der Waals surface area contributed by atoms with E-state index in [9.17, 15) is 19.1 Å². The first-order chi connectivity index (χ1) is 19.1. The monoisotopic (exact) mass is 544 g/mol. The Morgan fingerprint density at radius 3 is 2.67 bits per heavy atom. The van der Waals surface area contributed by atoms with Gasteiger partial charge >= 0.3 is 5.97 Å². The Morgan fingerprint density at radius 1 is 1.23 bits per heavy atom. The number of nitrogens with zero attached hydrogens (tertiary/aromatic N) is 4. The SMILES string of the molecule is CNc1cc(F)c(F)c2c1Cc1ncc(-c3cnc4c(c3)c(=O)c(C(=O)O)cn4C)c(N3CCC4(C[C@H]4N)C3)c1-2. The summed E-state index contributed by atoms with van der Waals surface area (Å²) in [7, 11) is 3.29. The summed E-state index contributed by atoms with van der Waals surface area (Å²) in [5.74, 6) is -3.21. The van der Waals surface area contributed by atoms with Gasteiger partial charge in [-0.2, -0.15) is 0 Å². The number of hydrogen-bond donors (Lipinski definition) is 3. The number of anilines is 2. The van der Waals surface area contributed by atoms with Crippen LogP contribution in [-0.2, 0) is 13.5 Å². The van der Waals surface area contributed by atoms with Gasteiger partial charge in [0.05, 0.1) is 16.8 Å². The van der Waals surface area contributed by atoms with E-state index >= 15 is 4.39 Å². The van der Waals surface area contributed by atoms with Crippen molar-refractivity contribution in [3.8, 4) is 22.3 Å². The molecule has 3 aliphatic rings. The Balaban J connectivity index is 1.51. The topological polar surface area (TPSA) is 126 Å². The number of aromatic carboxylic acids is 1. The molecule has 0 amide bonds. The fraction of sp³-hybridized carbons (Fsp3) is 0.310. The van der Waals surface area contributed by atoms with Crippen LogP contribution in [0, 0.1) is 17.0 Å². The number of fused-ring (bicyclic) bond motifs is 4. The Labute approximate surface area is 227 Å². The van der Waals surface area contributed by atoms with Crippen LogP contribution < -0.4 is 21.4 Å². The molecule has 4 aromatic rings. The summed E-state index contributed by atoms with van der Waals surface area (Å²) in [5.41, 5.74) is 9.90. The Kier molecular flexibility index (Phi) is 5.12. The van der Waals surface area contributed by atoms with Crippen LogP contribution in [-0.4, -0.2) is 51.8 Å². The number of benzene rings is 1. The molecule has 1 aromatic carbocycles. The van der Waals surface area contributed by atoms with Crippen LogP contribution in [0.25, 0.3) is 33.3 Å². The maximum Gasteiger partial charge on any atom is 0.341 e. The Morgan fingerprint density at radius 2 is 2.00 bits per heavy atom. The molecule has 4 N–H and O–H groups in total. The molecular formula is C29H26F2N6O3. The van der Waals surface area contributed by atoms with Gasteiger partial charge in [-0.1, -0.05) is 0 Å². The predicted molar refractivity (Wildman–Crippen MR) is 147 cm³/mol. The number of pyridine rings is 3. The molecule has 9 nitrogen and oxygen atoms in total. The summed E-state index contributed by atoms with van der Waals surface area (Å²) < 4.78 is 31.9. The van der Waals surface area contributed by atoms with Crippen molar-refractivity contribution in [1.29, 1.82) is 0 Å². The van der Waals surface area contributed by atoms with E-state index in [0.717, 1.165) is 18.9 Å². The summed E-state index contributed by atoms with van der Waals surface area (Å²) in [5, 5.41) is 12.7. The van der Waals surface area contributed by atoms with Crippen molar-refractivity contribution in [2.24, 2.45) is 18.2 Å². The normalized spacial score (nSPS) is 20.7. The highest BCUT2D eigenvalue weighted by Gasteiger charge is 2.56. The third kappa shape index (κ3) is 3.33. The fourth-order valence-electron chi connectivity index (χ4n) is 6.57. The molecule has 2 aliphatic carbocycles. The summed E-state index contributed by atoms with van der Waals surface area (Å²) in [4.78, 5) is 36.2. The zero-order valence-corrected chi connectivity index (χ0v) is 21.9. The van der Waals surface area contributed by atoms with Gasteiger partial charge in [-0.05, 0) is 24.5 Å². The molecule has 204 valence electrons. The van der Waals surface area contributed by atoms with Crippen molar-refractivity contribution in [2.75, 3.05) is 30.4 Å².